The van der Waals surface area contributed by atoms with E-state index in [0.29, 0.717) is 13.0 Å². The lowest BCUT2D eigenvalue weighted by molar-refractivity contribution is -0.137. The van der Waals surface area contributed by atoms with Crippen LogP contribution in [-0.4, -0.2) is 18.6 Å². The number of nitrogens with one attached hydrogen (secondary N) is 1. The Morgan fingerprint density at radius 1 is 1.35 bits per heavy atom. The number of nitrogen functional groups attached to an aromatic ring is 1. The van der Waals surface area contributed by atoms with Gasteiger partial charge in [-0.15, -0.1) is 0 Å². The van der Waals surface area contributed by atoms with Gasteiger partial charge in [-0.2, -0.15) is 13.2 Å². The molecule has 1 atom stereocenters. The molecule has 0 spiro atoms. The summed E-state index contributed by atoms with van der Waals surface area (Å²) >= 11 is 0. The number of carbonyl (C=O) groups excluding carboxylic acids is 1. The Bertz CT molecular complexity index is 497. The molecule has 2 rings (SSSR count). The number of nitrogens with two attached hydrogens (primary N) is 1. The van der Waals surface area contributed by atoms with Gasteiger partial charge in [-0.1, -0.05) is 0 Å². The third-order valence-corrected chi connectivity index (χ3v) is 3.11. The molecule has 1 aromatic rings. The minimum atomic E-state index is -4.46. The van der Waals surface area contributed by atoms with Crippen molar-refractivity contribution < 1.29 is 22.7 Å². The molecular weight excluding hydrogens is 273 g/mol. The van der Waals surface area contributed by atoms with Crippen molar-refractivity contribution in [2.75, 3.05) is 17.7 Å². The fraction of sp³-hybridized carbons (Fsp3) is 0.462. The zero-order valence-corrected chi connectivity index (χ0v) is 10.7. The average molecular weight is 288 g/mol. The molecular formula is C13H15F3N2O2. The first-order valence-corrected chi connectivity index (χ1v) is 6.27. The van der Waals surface area contributed by atoms with E-state index >= 15 is 0 Å². The van der Waals surface area contributed by atoms with Crippen LogP contribution in [0, 0.1) is 0 Å². The van der Waals surface area contributed by atoms with Crippen LogP contribution in [0.1, 0.15) is 24.8 Å². The summed E-state index contributed by atoms with van der Waals surface area (Å²) in [6.45, 7) is 0.514. The molecule has 0 saturated carbocycles. The van der Waals surface area contributed by atoms with Gasteiger partial charge in [0.05, 0.1) is 16.9 Å². The fourth-order valence-corrected chi connectivity index (χ4v) is 2.01. The van der Waals surface area contributed by atoms with Crippen molar-refractivity contribution in [3.05, 3.63) is 23.8 Å². The molecule has 1 amide bonds. The summed E-state index contributed by atoms with van der Waals surface area (Å²) in [5.41, 5.74) is 4.74. The number of ether oxygens (including phenoxy) is 1. The molecule has 3 N–H and O–H groups in total. The molecule has 1 heterocycles. The van der Waals surface area contributed by atoms with Crippen LogP contribution in [0.4, 0.5) is 24.5 Å². The van der Waals surface area contributed by atoms with Gasteiger partial charge < -0.3 is 15.8 Å². The second-order valence-corrected chi connectivity index (χ2v) is 4.64. The zero-order valence-electron chi connectivity index (χ0n) is 10.7. The Balaban J connectivity index is 2.08. The average Bonchev–Trinajstić information content (AvgIpc) is 2.41. The highest BCUT2D eigenvalue weighted by molar-refractivity contribution is 5.96. The van der Waals surface area contributed by atoms with E-state index in [1.54, 1.807) is 0 Å². The minimum Gasteiger partial charge on any atom is -0.397 e. The zero-order chi connectivity index (χ0) is 14.8. The monoisotopic (exact) mass is 288 g/mol. The van der Waals surface area contributed by atoms with Crippen LogP contribution in [0.5, 0.6) is 0 Å². The topological polar surface area (TPSA) is 64.3 Å². The molecule has 0 aliphatic carbocycles. The van der Waals surface area contributed by atoms with Crippen molar-refractivity contribution in [3.63, 3.8) is 0 Å². The van der Waals surface area contributed by atoms with Gasteiger partial charge in [-0.05, 0) is 37.5 Å². The van der Waals surface area contributed by atoms with E-state index in [9.17, 15) is 18.0 Å². The van der Waals surface area contributed by atoms with Crippen molar-refractivity contribution in [1.82, 2.24) is 0 Å². The fourth-order valence-electron chi connectivity index (χ4n) is 2.01. The predicted molar refractivity (Wildman–Crippen MR) is 68.1 cm³/mol. The van der Waals surface area contributed by atoms with Gasteiger partial charge in [0.2, 0.25) is 0 Å². The van der Waals surface area contributed by atoms with Gasteiger partial charge in [0, 0.05) is 6.61 Å². The number of benzene rings is 1. The smallest absolute Gasteiger partial charge is 0.397 e. The van der Waals surface area contributed by atoms with E-state index in [0.717, 1.165) is 31.0 Å². The number of amides is 1. The first-order valence-electron chi connectivity index (χ1n) is 6.27. The molecule has 7 heteroatoms. The molecule has 1 aromatic carbocycles. The summed E-state index contributed by atoms with van der Waals surface area (Å²) in [5.74, 6) is -0.379. The summed E-state index contributed by atoms with van der Waals surface area (Å²) in [7, 11) is 0. The van der Waals surface area contributed by atoms with Crippen molar-refractivity contribution >= 4 is 17.3 Å². The Hall–Kier alpha value is -1.76. The molecule has 0 radical (unpaired) electrons. The van der Waals surface area contributed by atoms with Crippen LogP contribution < -0.4 is 11.1 Å². The van der Waals surface area contributed by atoms with Crippen LogP contribution in [0.2, 0.25) is 0 Å². The van der Waals surface area contributed by atoms with Crippen LogP contribution >= 0.6 is 0 Å². The number of alkyl halides is 3. The lowest BCUT2D eigenvalue weighted by Crippen LogP contribution is -2.33. The van der Waals surface area contributed by atoms with Gasteiger partial charge in [0.1, 0.15) is 6.10 Å². The number of halogens is 3. The SMILES string of the molecule is Nc1cc(C(F)(F)F)ccc1NC(=O)C1CCCCO1. The van der Waals surface area contributed by atoms with E-state index in [-0.39, 0.29) is 17.3 Å². The Morgan fingerprint density at radius 3 is 2.65 bits per heavy atom. The van der Waals surface area contributed by atoms with Gasteiger partial charge in [0.25, 0.3) is 5.91 Å². The lowest BCUT2D eigenvalue weighted by Gasteiger charge is -2.22. The largest absolute Gasteiger partial charge is 0.416 e. The van der Waals surface area contributed by atoms with Crippen LogP contribution in [0.25, 0.3) is 0 Å². The molecule has 0 aromatic heterocycles. The maximum Gasteiger partial charge on any atom is 0.416 e. The second-order valence-electron chi connectivity index (χ2n) is 4.64. The van der Waals surface area contributed by atoms with Crippen molar-refractivity contribution in [1.29, 1.82) is 0 Å². The molecule has 0 bridgehead atoms. The number of hydrogen-bond acceptors (Lipinski definition) is 3. The van der Waals surface area contributed by atoms with E-state index in [1.165, 1.54) is 0 Å². The molecule has 1 aliphatic heterocycles. The summed E-state index contributed by atoms with van der Waals surface area (Å²) in [6, 6.07) is 2.84. The molecule has 20 heavy (non-hydrogen) atoms. The maximum absolute atomic E-state index is 12.5. The molecule has 110 valence electrons. The first-order chi connectivity index (χ1) is 9.38. The van der Waals surface area contributed by atoms with Crippen molar-refractivity contribution in [2.24, 2.45) is 0 Å². The van der Waals surface area contributed by atoms with Gasteiger partial charge >= 0.3 is 6.18 Å². The van der Waals surface area contributed by atoms with E-state index in [1.807, 2.05) is 0 Å². The lowest BCUT2D eigenvalue weighted by atomic mass is 10.1. The van der Waals surface area contributed by atoms with Gasteiger partial charge in [0.15, 0.2) is 0 Å². The number of carbonyl (C=O) groups is 1. The molecule has 1 saturated heterocycles. The van der Waals surface area contributed by atoms with Crippen LogP contribution in [-0.2, 0) is 15.7 Å². The first kappa shape index (κ1) is 14.6. The van der Waals surface area contributed by atoms with E-state index in [2.05, 4.69) is 5.32 Å². The summed E-state index contributed by atoms with van der Waals surface area (Å²) in [5, 5.41) is 2.50. The summed E-state index contributed by atoms with van der Waals surface area (Å²) < 4.78 is 42.8. The summed E-state index contributed by atoms with van der Waals surface area (Å²) in [4.78, 5) is 11.9. The summed E-state index contributed by atoms with van der Waals surface area (Å²) in [6.07, 6.45) is -2.62. The van der Waals surface area contributed by atoms with Crippen molar-refractivity contribution in [3.8, 4) is 0 Å². The van der Waals surface area contributed by atoms with E-state index < -0.39 is 17.8 Å². The van der Waals surface area contributed by atoms with E-state index in [4.69, 9.17) is 10.5 Å². The Kier molecular flexibility index (Phi) is 4.17. The normalized spacial score (nSPS) is 19.6. The van der Waals surface area contributed by atoms with Crippen LogP contribution in [0.15, 0.2) is 18.2 Å². The Labute approximate surface area is 114 Å². The van der Waals surface area contributed by atoms with Gasteiger partial charge in [-0.3, -0.25) is 4.79 Å². The third kappa shape index (κ3) is 3.41. The highest BCUT2D eigenvalue weighted by Crippen LogP contribution is 2.33. The van der Waals surface area contributed by atoms with Crippen molar-refractivity contribution in [2.45, 2.75) is 31.5 Å². The highest BCUT2D eigenvalue weighted by atomic mass is 19.4. The number of rotatable bonds is 2. The molecule has 4 nitrogen and oxygen atoms in total. The minimum absolute atomic E-state index is 0.121. The molecule has 1 aliphatic rings. The molecule has 1 unspecified atom stereocenters. The van der Waals surface area contributed by atoms with Crippen LogP contribution in [0.3, 0.4) is 0 Å². The maximum atomic E-state index is 12.5. The number of anilines is 2. The standard InChI is InChI=1S/C13H15F3N2O2/c14-13(15,16)8-4-5-10(9(17)7-8)18-12(19)11-3-1-2-6-20-11/h4-5,7,11H,1-3,6,17H2,(H,18,19). The Morgan fingerprint density at radius 2 is 2.10 bits per heavy atom. The second kappa shape index (κ2) is 5.70. The predicted octanol–water partition coefficient (Wildman–Crippen LogP) is 2.80. The molecule has 1 fully saturated rings. The van der Waals surface area contributed by atoms with Gasteiger partial charge in [-0.25, -0.2) is 0 Å². The quantitative estimate of drug-likeness (QED) is 0.822. The number of hydrogen-bond donors (Lipinski definition) is 2. The third-order valence-electron chi connectivity index (χ3n) is 3.11. The highest BCUT2D eigenvalue weighted by Gasteiger charge is 2.31.